The van der Waals surface area contributed by atoms with Gasteiger partial charge in [-0.3, -0.25) is 4.40 Å². The van der Waals surface area contributed by atoms with Crippen LogP contribution in [0.4, 0.5) is 0 Å². The average Bonchev–Trinajstić information content (AvgIpc) is 2.83. The van der Waals surface area contributed by atoms with Crippen LogP contribution in [0, 0.1) is 0 Å². The Hall–Kier alpha value is -1.93. The minimum atomic E-state index is -3.28. The van der Waals surface area contributed by atoms with E-state index in [1.54, 1.807) is 35.6 Å². The highest BCUT2D eigenvalue weighted by Crippen LogP contribution is 2.26. The number of carbonyl (C=O) groups excluding carboxylic acids is 1. The predicted octanol–water partition coefficient (Wildman–Crippen LogP) is 2.83. The molecule has 6 nitrogen and oxygen atoms in total. The van der Waals surface area contributed by atoms with Gasteiger partial charge in [0.1, 0.15) is 0 Å². The number of pyridine rings is 1. The van der Waals surface area contributed by atoms with Crippen LogP contribution in [-0.4, -0.2) is 36.6 Å². The van der Waals surface area contributed by atoms with E-state index in [1.165, 1.54) is 12.3 Å². The molecular formula is C15H13BrN2O4S. The van der Waals surface area contributed by atoms with Crippen LogP contribution in [0.1, 0.15) is 17.4 Å². The highest BCUT2D eigenvalue weighted by atomic mass is 79.9. The number of aromatic nitrogens is 2. The third kappa shape index (κ3) is 2.72. The Labute approximate surface area is 141 Å². The molecule has 0 bridgehead atoms. The van der Waals surface area contributed by atoms with E-state index < -0.39 is 15.8 Å². The molecule has 1 aromatic carbocycles. The van der Waals surface area contributed by atoms with Crippen LogP contribution in [0.5, 0.6) is 0 Å². The number of imidazole rings is 1. The number of benzene rings is 1. The number of nitrogens with zero attached hydrogens (tertiary/aromatic N) is 2. The number of rotatable bonds is 3. The fourth-order valence-corrected chi connectivity index (χ4v) is 3.62. The third-order valence-corrected chi connectivity index (χ3v) is 5.07. The van der Waals surface area contributed by atoms with Crippen molar-refractivity contribution in [1.82, 2.24) is 9.38 Å². The topological polar surface area (TPSA) is 77.7 Å². The fraction of sp³-hybridized carbons (Fsp3) is 0.200. The van der Waals surface area contributed by atoms with E-state index in [2.05, 4.69) is 20.9 Å². The maximum absolute atomic E-state index is 12.0. The predicted molar refractivity (Wildman–Crippen MR) is 89.5 cm³/mol. The largest absolute Gasteiger partial charge is 0.461 e. The van der Waals surface area contributed by atoms with Crippen LogP contribution in [0.15, 0.2) is 40.0 Å². The van der Waals surface area contributed by atoms with Gasteiger partial charge in [-0.15, -0.1) is 0 Å². The van der Waals surface area contributed by atoms with Gasteiger partial charge in [-0.05, 0) is 52.5 Å². The first-order valence-corrected chi connectivity index (χ1v) is 9.49. The van der Waals surface area contributed by atoms with E-state index >= 15 is 0 Å². The van der Waals surface area contributed by atoms with E-state index in [0.29, 0.717) is 10.3 Å². The molecule has 0 amide bonds. The van der Waals surface area contributed by atoms with Crippen molar-refractivity contribution in [3.63, 3.8) is 0 Å². The first-order valence-electron chi connectivity index (χ1n) is 6.81. The second-order valence-corrected chi connectivity index (χ2v) is 7.72. The fourth-order valence-electron chi connectivity index (χ4n) is 2.41. The Kier molecular flexibility index (Phi) is 3.89. The van der Waals surface area contributed by atoms with Gasteiger partial charge in [0.15, 0.2) is 20.3 Å². The van der Waals surface area contributed by atoms with Gasteiger partial charge in [-0.2, -0.15) is 0 Å². The number of fused-ring (bicyclic) bond motifs is 3. The van der Waals surface area contributed by atoms with E-state index in [-0.39, 0.29) is 17.2 Å². The molecule has 23 heavy (non-hydrogen) atoms. The van der Waals surface area contributed by atoms with Crippen LogP contribution >= 0.6 is 15.9 Å². The number of hydrogen-bond donors (Lipinski definition) is 0. The van der Waals surface area contributed by atoms with Gasteiger partial charge in [0.05, 0.1) is 22.5 Å². The van der Waals surface area contributed by atoms with Crippen LogP contribution in [0.25, 0.3) is 16.4 Å². The first kappa shape index (κ1) is 15.9. The molecule has 0 saturated heterocycles. The molecule has 0 fully saturated rings. The zero-order valence-corrected chi connectivity index (χ0v) is 14.8. The molecule has 2 aromatic heterocycles. The summed E-state index contributed by atoms with van der Waals surface area (Å²) >= 11 is 3.34. The van der Waals surface area contributed by atoms with Crippen LogP contribution in [0.3, 0.4) is 0 Å². The van der Waals surface area contributed by atoms with Gasteiger partial charge in [0, 0.05) is 6.26 Å². The summed E-state index contributed by atoms with van der Waals surface area (Å²) in [6, 6.07) is 8.31. The molecule has 3 rings (SSSR count). The van der Waals surface area contributed by atoms with Crippen molar-refractivity contribution in [2.24, 2.45) is 0 Å². The molecule has 0 radical (unpaired) electrons. The second-order valence-electron chi connectivity index (χ2n) is 5.00. The zero-order valence-electron chi connectivity index (χ0n) is 12.4. The monoisotopic (exact) mass is 396 g/mol. The Morgan fingerprint density at radius 1 is 1.26 bits per heavy atom. The molecule has 0 N–H and O–H groups in total. The highest BCUT2D eigenvalue weighted by molar-refractivity contribution is 9.10. The lowest BCUT2D eigenvalue weighted by Gasteiger charge is -2.06. The molecular weight excluding hydrogens is 384 g/mol. The summed E-state index contributed by atoms with van der Waals surface area (Å²) < 4.78 is 30.6. The number of ether oxygens (including phenoxy) is 1. The van der Waals surface area contributed by atoms with Crippen LogP contribution < -0.4 is 0 Å². The normalized spacial score (nSPS) is 12.0. The standard InChI is InChI=1S/C15H13BrN2O4S/c1-3-22-14(19)13-12-6-4-9-8-10(23(2,20)21)5-7-11(9)18(12)15(16)17-13/h4-8H,3H2,1-2H3. The molecule has 120 valence electrons. The summed E-state index contributed by atoms with van der Waals surface area (Å²) in [4.78, 5) is 16.5. The molecule has 0 aliphatic carbocycles. The van der Waals surface area contributed by atoms with Crippen LogP contribution in [-0.2, 0) is 14.6 Å². The molecule has 8 heteroatoms. The minimum absolute atomic E-state index is 0.216. The summed E-state index contributed by atoms with van der Waals surface area (Å²) in [5.41, 5.74) is 1.55. The lowest BCUT2D eigenvalue weighted by molar-refractivity contribution is 0.0522. The molecule has 0 unspecified atom stereocenters. The third-order valence-electron chi connectivity index (χ3n) is 3.43. The Morgan fingerprint density at radius 3 is 2.61 bits per heavy atom. The van der Waals surface area contributed by atoms with Crippen molar-refractivity contribution in [3.8, 4) is 0 Å². The van der Waals surface area contributed by atoms with Crippen molar-refractivity contribution in [3.05, 3.63) is 40.8 Å². The smallest absolute Gasteiger partial charge is 0.359 e. The summed E-state index contributed by atoms with van der Waals surface area (Å²) in [6.07, 6.45) is 1.17. The van der Waals surface area contributed by atoms with Gasteiger partial charge in [-0.25, -0.2) is 18.2 Å². The minimum Gasteiger partial charge on any atom is -0.461 e. The molecule has 0 aliphatic rings. The summed E-state index contributed by atoms with van der Waals surface area (Å²) in [5.74, 6) is -0.497. The SMILES string of the molecule is CCOC(=O)c1nc(Br)n2c1ccc1cc(S(C)(=O)=O)ccc12. The molecule has 2 heterocycles. The molecule has 3 aromatic rings. The Bertz CT molecular complexity index is 1040. The average molecular weight is 397 g/mol. The van der Waals surface area contributed by atoms with Gasteiger partial charge in [0.2, 0.25) is 0 Å². The van der Waals surface area contributed by atoms with Crippen LogP contribution in [0.2, 0.25) is 0 Å². The van der Waals surface area contributed by atoms with Crippen molar-refractivity contribution >= 4 is 48.2 Å². The zero-order chi connectivity index (χ0) is 16.8. The van der Waals surface area contributed by atoms with Crippen molar-refractivity contribution in [1.29, 1.82) is 0 Å². The Balaban J connectivity index is 2.30. The number of hydrogen-bond acceptors (Lipinski definition) is 5. The number of esters is 1. The van der Waals surface area contributed by atoms with Crippen molar-refractivity contribution in [2.45, 2.75) is 11.8 Å². The first-order chi connectivity index (χ1) is 10.8. The number of carbonyl (C=O) groups is 1. The summed E-state index contributed by atoms with van der Waals surface area (Å²) in [7, 11) is -3.28. The lowest BCUT2D eigenvalue weighted by atomic mass is 10.2. The molecule has 0 spiro atoms. The van der Waals surface area contributed by atoms with E-state index in [4.69, 9.17) is 4.74 Å². The quantitative estimate of drug-likeness (QED) is 0.636. The summed E-state index contributed by atoms with van der Waals surface area (Å²) in [6.45, 7) is 1.99. The van der Waals surface area contributed by atoms with Gasteiger partial charge in [-0.1, -0.05) is 6.07 Å². The number of sulfone groups is 1. The van der Waals surface area contributed by atoms with Gasteiger partial charge >= 0.3 is 5.97 Å². The van der Waals surface area contributed by atoms with Crippen molar-refractivity contribution < 1.29 is 17.9 Å². The highest BCUT2D eigenvalue weighted by Gasteiger charge is 2.19. The maximum atomic E-state index is 12.0. The van der Waals surface area contributed by atoms with Gasteiger partial charge in [0.25, 0.3) is 0 Å². The summed E-state index contributed by atoms with van der Waals surface area (Å²) in [5, 5.41) is 0.730. The second kappa shape index (κ2) is 5.61. The van der Waals surface area contributed by atoms with E-state index in [0.717, 1.165) is 10.9 Å². The van der Waals surface area contributed by atoms with Gasteiger partial charge < -0.3 is 4.74 Å². The lowest BCUT2D eigenvalue weighted by Crippen LogP contribution is -2.05. The molecule has 0 aliphatic heterocycles. The molecule has 0 saturated carbocycles. The Morgan fingerprint density at radius 2 is 1.96 bits per heavy atom. The van der Waals surface area contributed by atoms with E-state index in [1.807, 2.05) is 0 Å². The maximum Gasteiger partial charge on any atom is 0.359 e. The molecule has 0 atom stereocenters. The number of halogens is 1. The van der Waals surface area contributed by atoms with E-state index in [9.17, 15) is 13.2 Å². The van der Waals surface area contributed by atoms with Crippen molar-refractivity contribution in [2.75, 3.05) is 12.9 Å².